The average Bonchev–Trinajstić information content (AvgIpc) is 2.42. The topological polar surface area (TPSA) is 20.2 Å². The number of rotatable bonds is 1. The Hall–Kier alpha value is -0.960. The highest BCUT2D eigenvalue weighted by Crippen LogP contribution is 2.43. The number of benzene rings is 1. The third kappa shape index (κ3) is 2.72. The number of hydrogen-bond acceptors (Lipinski definition) is 1. The second-order valence-electron chi connectivity index (χ2n) is 6.17. The van der Waals surface area contributed by atoms with Crippen molar-refractivity contribution in [2.45, 2.75) is 51.6 Å². The molecule has 0 saturated heterocycles. The highest BCUT2D eigenvalue weighted by atomic mass is 19.1. The van der Waals surface area contributed by atoms with Crippen molar-refractivity contribution in [3.8, 4) is 0 Å². The van der Waals surface area contributed by atoms with Gasteiger partial charge in [-0.25, -0.2) is 8.78 Å². The lowest BCUT2D eigenvalue weighted by atomic mass is 9.82. The first-order chi connectivity index (χ1) is 8.32. The minimum Gasteiger partial charge on any atom is -0.385 e. The maximum absolute atomic E-state index is 13.8. The maximum Gasteiger partial charge on any atom is 0.129 e. The van der Waals surface area contributed by atoms with Crippen LogP contribution in [0.3, 0.4) is 0 Å². The molecule has 1 saturated carbocycles. The lowest BCUT2D eigenvalue weighted by Crippen LogP contribution is -2.27. The molecule has 3 heteroatoms. The first-order valence-corrected chi connectivity index (χ1v) is 6.50. The highest BCUT2D eigenvalue weighted by Gasteiger charge is 2.37. The largest absolute Gasteiger partial charge is 0.385 e. The van der Waals surface area contributed by atoms with Crippen LogP contribution in [-0.4, -0.2) is 5.11 Å². The molecular formula is C15H20F2O. The first-order valence-electron chi connectivity index (χ1n) is 6.50. The standard InChI is InChI=1S/C15H20F2O/c1-14(2)6-3-7-15(18,9-8-14)12-10-11(16)4-5-13(12)17/h4-5,10,18H,3,6-9H2,1-2H3. The number of aliphatic hydroxyl groups is 1. The van der Waals surface area contributed by atoms with Crippen molar-refractivity contribution in [1.82, 2.24) is 0 Å². The molecule has 1 aliphatic carbocycles. The lowest BCUT2D eigenvalue weighted by molar-refractivity contribution is 0.0143. The molecule has 100 valence electrons. The van der Waals surface area contributed by atoms with Gasteiger partial charge in [-0.15, -0.1) is 0 Å². The Bertz CT molecular complexity index is 442. The second-order valence-corrected chi connectivity index (χ2v) is 6.17. The molecule has 0 aliphatic heterocycles. The quantitative estimate of drug-likeness (QED) is 0.747. The zero-order chi connectivity index (χ0) is 13.4. The van der Waals surface area contributed by atoms with Crippen LogP contribution in [0.2, 0.25) is 0 Å². The van der Waals surface area contributed by atoms with Crippen LogP contribution in [0.25, 0.3) is 0 Å². The molecule has 0 aromatic heterocycles. The fourth-order valence-corrected chi connectivity index (χ4v) is 2.78. The van der Waals surface area contributed by atoms with Crippen molar-refractivity contribution in [2.24, 2.45) is 5.41 Å². The van der Waals surface area contributed by atoms with Crippen molar-refractivity contribution < 1.29 is 13.9 Å². The van der Waals surface area contributed by atoms with Gasteiger partial charge in [0.25, 0.3) is 0 Å². The first kappa shape index (κ1) is 13.5. The summed E-state index contributed by atoms with van der Waals surface area (Å²) in [6.07, 6.45) is 3.64. The summed E-state index contributed by atoms with van der Waals surface area (Å²) in [4.78, 5) is 0. The molecule has 1 unspecified atom stereocenters. The van der Waals surface area contributed by atoms with Crippen LogP contribution >= 0.6 is 0 Å². The predicted octanol–water partition coefficient (Wildman–Crippen LogP) is 4.14. The molecule has 1 fully saturated rings. The predicted molar refractivity (Wildman–Crippen MR) is 67.1 cm³/mol. The average molecular weight is 254 g/mol. The number of halogens is 2. The Kier molecular flexibility index (Phi) is 3.45. The van der Waals surface area contributed by atoms with Gasteiger partial charge < -0.3 is 5.11 Å². The smallest absolute Gasteiger partial charge is 0.129 e. The van der Waals surface area contributed by atoms with E-state index in [2.05, 4.69) is 13.8 Å². The Balaban J connectivity index is 2.33. The van der Waals surface area contributed by atoms with Crippen molar-refractivity contribution in [2.75, 3.05) is 0 Å². The van der Waals surface area contributed by atoms with Crippen LogP contribution in [0, 0.1) is 17.0 Å². The second kappa shape index (κ2) is 4.61. The maximum atomic E-state index is 13.8. The molecule has 1 aromatic rings. The number of hydrogen-bond donors (Lipinski definition) is 1. The van der Waals surface area contributed by atoms with Crippen LogP contribution in [0.5, 0.6) is 0 Å². The van der Waals surface area contributed by atoms with Crippen molar-refractivity contribution in [3.63, 3.8) is 0 Å². The zero-order valence-corrected chi connectivity index (χ0v) is 11.0. The van der Waals surface area contributed by atoms with E-state index in [0.29, 0.717) is 12.8 Å². The van der Waals surface area contributed by atoms with Crippen molar-refractivity contribution >= 4 is 0 Å². The Labute approximate surface area is 107 Å². The minimum absolute atomic E-state index is 0.111. The molecule has 2 rings (SSSR count). The fourth-order valence-electron chi connectivity index (χ4n) is 2.78. The summed E-state index contributed by atoms with van der Waals surface area (Å²) in [6.45, 7) is 4.31. The van der Waals surface area contributed by atoms with E-state index in [0.717, 1.165) is 37.5 Å². The highest BCUT2D eigenvalue weighted by molar-refractivity contribution is 5.25. The third-order valence-electron chi connectivity index (χ3n) is 4.09. The van der Waals surface area contributed by atoms with Gasteiger partial charge in [-0.3, -0.25) is 0 Å². The fraction of sp³-hybridized carbons (Fsp3) is 0.600. The summed E-state index contributed by atoms with van der Waals surface area (Å²) in [5.74, 6) is -1.01. The molecule has 18 heavy (non-hydrogen) atoms. The van der Waals surface area contributed by atoms with E-state index in [1.54, 1.807) is 0 Å². The van der Waals surface area contributed by atoms with E-state index < -0.39 is 17.2 Å². The Morgan fingerprint density at radius 1 is 1.06 bits per heavy atom. The molecule has 0 bridgehead atoms. The molecule has 0 spiro atoms. The van der Waals surface area contributed by atoms with E-state index in [1.165, 1.54) is 0 Å². The van der Waals surface area contributed by atoms with Gasteiger partial charge in [-0.1, -0.05) is 13.8 Å². The summed E-state index contributed by atoms with van der Waals surface area (Å²) in [5, 5.41) is 10.7. The summed E-state index contributed by atoms with van der Waals surface area (Å²) < 4.78 is 27.0. The van der Waals surface area contributed by atoms with Gasteiger partial charge in [0.05, 0.1) is 5.60 Å². The lowest BCUT2D eigenvalue weighted by Gasteiger charge is -2.28. The van der Waals surface area contributed by atoms with E-state index >= 15 is 0 Å². The minimum atomic E-state index is -1.22. The summed E-state index contributed by atoms with van der Waals surface area (Å²) in [5.41, 5.74) is -0.950. The van der Waals surface area contributed by atoms with Crippen LogP contribution in [0.15, 0.2) is 18.2 Å². The molecule has 0 amide bonds. The van der Waals surface area contributed by atoms with E-state index in [1.807, 2.05) is 0 Å². The van der Waals surface area contributed by atoms with E-state index in [-0.39, 0.29) is 11.0 Å². The van der Waals surface area contributed by atoms with Gasteiger partial charge in [0.15, 0.2) is 0 Å². The molecule has 1 atom stereocenters. The van der Waals surface area contributed by atoms with Crippen LogP contribution in [0.4, 0.5) is 8.78 Å². The van der Waals surface area contributed by atoms with E-state index in [9.17, 15) is 13.9 Å². The van der Waals surface area contributed by atoms with Gasteiger partial charge in [0.2, 0.25) is 0 Å². The van der Waals surface area contributed by atoms with Crippen LogP contribution < -0.4 is 0 Å². The molecule has 1 nitrogen and oxygen atoms in total. The molecule has 1 aromatic carbocycles. The summed E-state index contributed by atoms with van der Waals surface area (Å²) in [7, 11) is 0. The monoisotopic (exact) mass is 254 g/mol. The third-order valence-corrected chi connectivity index (χ3v) is 4.09. The van der Waals surface area contributed by atoms with Crippen LogP contribution in [-0.2, 0) is 5.60 Å². The van der Waals surface area contributed by atoms with Crippen molar-refractivity contribution in [3.05, 3.63) is 35.4 Å². The zero-order valence-electron chi connectivity index (χ0n) is 11.0. The van der Waals surface area contributed by atoms with Crippen molar-refractivity contribution in [1.29, 1.82) is 0 Å². The molecular weight excluding hydrogens is 234 g/mol. The normalized spacial score (nSPS) is 27.8. The van der Waals surface area contributed by atoms with Gasteiger partial charge in [0, 0.05) is 5.56 Å². The SMILES string of the molecule is CC1(C)CCCC(O)(c2cc(F)ccc2F)CC1. The summed E-state index contributed by atoms with van der Waals surface area (Å²) in [6, 6.07) is 3.31. The van der Waals surface area contributed by atoms with Gasteiger partial charge >= 0.3 is 0 Å². The Morgan fingerprint density at radius 3 is 2.50 bits per heavy atom. The molecule has 1 N–H and O–H groups in total. The van der Waals surface area contributed by atoms with Crippen LogP contribution in [0.1, 0.15) is 51.5 Å². The van der Waals surface area contributed by atoms with E-state index in [4.69, 9.17) is 0 Å². The van der Waals surface area contributed by atoms with Gasteiger partial charge in [0.1, 0.15) is 11.6 Å². The molecule has 1 aliphatic rings. The molecule has 0 heterocycles. The molecule has 0 radical (unpaired) electrons. The summed E-state index contributed by atoms with van der Waals surface area (Å²) >= 11 is 0. The Morgan fingerprint density at radius 2 is 1.78 bits per heavy atom. The van der Waals surface area contributed by atoms with Gasteiger partial charge in [-0.05, 0) is 55.7 Å². The van der Waals surface area contributed by atoms with Gasteiger partial charge in [-0.2, -0.15) is 0 Å².